The van der Waals surface area contributed by atoms with Crippen molar-refractivity contribution in [3.63, 3.8) is 0 Å². The minimum atomic E-state index is -0.332. The van der Waals surface area contributed by atoms with E-state index in [4.69, 9.17) is 11.5 Å². The van der Waals surface area contributed by atoms with E-state index in [-0.39, 0.29) is 18.4 Å². The molecule has 0 aromatic heterocycles. The molecule has 1 fully saturated rings. The minimum Gasteiger partial charge on any atom is -0.398 e. The average molecular weight is 290 g/mol. The van der Waals surface area contributed by atoms with Crippen molar-refractivity contribution in [1.29, 1.82) is 0 Å². The number of aryl methyl sites for hydroxylation is 1. The Morgan fingerprint density at radius 3 is 2.62 bits per heavy atom. The first-order valence-electron chi connectivity index (χ1n) is 7.13. The van der Waals surface area contributed by atoms with Gasteiger partial charge >= 0.3 is 0 Å². The summed E-state index contributed by atoms with van der Waals surface area (Å²) < 4.78 is 0. The topological polar surface area (TPSA) is 92.7 Å². The maximum atomic E-state index is 12.5. The Morgan fingerprint density at radius 2 is 1.95 bits per heavy atom. The molecule has 0 atom stereocenters. The van der Waals surface area contributed by atoms with Crippen molar-refractivity contribution in [2.24, 2.45) is 5.73 Å². The number of carbonyl (C=O) groups is 2. The number of nitrogen functional groups attached to an aromatic ring is 1. The summed E-state index contributed by atoms with van der Waals surface area (Å²) in [6, 6.07) is 5.39. The fourth-order valence-electron chi connectivity index (χ4n) is 2.51. The predicted octanol–water partition coefficient (Wildman–Crippen LogP) is 0.210. The van der Waals surface area contributed by atoms with Crippen molar-refractivity contribution < 1.29 is 9.59 Å². The quantitative estimate of drug-likeness (QED) is 0.778. The number of hydrogen-bond donors (Lipinski definition) is 2. The Bertz CT molecular complexity index is 544. The van der Waals surface area contributed by atoms with Gasteiger partial charge in [-0.05, 0) is 31.0 Å². The van der Waals surface area contributed by atoms with Crippen LogP contribution >= 0.6 is 0 Å². The van der Waals surface area contributed by atoms with Gasteiger partial charge in [0.05, 0.1) is 6.54 Å². The van der Waals surface area contributed by atoms with Crippen LogP contribution in [0.3, 0.4) is 0 Å². The summed E-state index contributed by atoms with van der Waals surface area (Å²) in [6.45, 7) is 4.89. The smallest absolute Gasteiger partial charge is 0.253 e. The van der Waals surface area contributed by atoms with E-state index in [1.165, 1.54) is 0 Å². The third-order valence-electron chi connectivity index (χ3n) is 3.78. The number of nitrogens with two attached hydrogens (primary N) is 2. The van der Waals surface area contributed by atoms with Gasteiger partial charge in [0.15, 0.2) is 0 Å². The summed E-state index contributed by atoms with van der Waals surface area (Å²) in [5, 5.41) is 0. The second-order valence-electron chi connectivity index (χ2n) is 5.46. The van der Waals surface area contributed by atoms with Crippen LogP contribution in [0.4, 0.5) is 5.69 Å². The molecule has 114 valence electrons. The van der Waals surface area contributed by atoms with Gasteiger partial charge in [-0.15, -0.1) is 0 Å². The van der Waals surface area contributed by atoms with Gasteiger partial charge in [0.25, 0.3) is 5.91 Å². The normalized spacial score (nSPS) is 16.5. The van der Waals surface area contributed by atoms with Crippen LogP contribution in [0.1, 0.15) is 22.3 Å². The summed E-state index contributed by atoms with van der Waals surface area (Å²) >= 11 is 0. The SMILES string of the molecule is Cc1ccc(C(=O)N2CCCN(CC(N)=O)CC2)cc1N. The zero-order chi connectivity index (χ0) is 15.4. The lowest BCUT2D eigenvalue weighted by Gasteiger charge is -2.21. The molecule has 21 heavy (non-hydrogen) atoms. The van der Waals surface area contributed by atoms with Crippen LogP contribution in [0.5, 0.6) is 0 Å². The van der Waals surface area contributed by atoms with E-state index in [2.05, 4.69) is 0 Å². The van der Waals surface area contributed by atoms with Gasteiger partial charge in [-0.1, -0.05) is 6.07 Å². The fourth-order valence-corrected chi connectivity index (χ4v) is 2.51. The van der Waals surface area contributed by atoms with Crippen molar-refractivity contribution >= 4 is 17.5 Å². The first-order chi connectivity index (χ1) is 9.97. The van der Waals surface area contributed by atoms with Crippen molar-refractivity contribution in [2.45, 2.75) is 13.3 Å². The largest absolute Gasteiger partial charge is 0.398 e. The second kappa shape index (κ2) is 6.58. The third kappa shape index (κ3) is 3.95. The lowest BCUT2D eigenvalue weighted by Crippen LogP contribution is -2.38. The van der Waals surface area contributed by atoms with E-state index < -0.39 is 0 Å². The number of hydrogen-bond acceptors (Lipinski definition) is 4. The van der Waals surface area contributed by atoms with Gasteiger partial charge in [0.1, 0.15) is 0 Å². The monoisotopic (exact) mass is 290 g/mol. The molecule has 4 N–H and O–H groups in total. The number of primary amides is 1. The van der Waals surface area contributed by atoms with Gasteiger partial charge in [-0.2, -0.15) is 0 Å². The molecule has 2 amide bonds. The molecule has 0 saturated carbocycles. The van der Waals surface area contributed by atoms with Gasteiger partial charge in [-0.3, -0.25) is 14.5 Å². The van der Waals surface area contributed by atoms with Gasteiger partial charge in [-0.25, -0.2) is 0 Å². The lowest BCUT2D eigenvalue weighted by atomic mass is 10.1. The maximum Gasteiger partial charge on any atom is 0.253 e. The molecule has 1 aromatic carbocycles. The summed E-state index contributed by atoms with van der Waals surface area (Å²) in [5.74, 6) is -0.344. The minimum absolute atomic E-state index is 0.0115. The molecule has 0 bridgehead atoms. The van der Waals surface area contributed by atoms with Crippen LogP contribution in [-0.4, -0.2) is 54.3 Å². The number of rotatable bonds is 3. The highest BCUT2D eigenvalue weighted by Crippen LogP contribution is 2.15. The van der Waals surface area contributed by atoms with Crippen LogP contribution in [0.2, 0.25) is 0 Å². The summed E-state index contributed by atoms with van der Waals surface area (Å²) in [4.78, 5) is 27.3. The lowest BCUT2D eigenvalue weighted by molar-refractivity contribution is -0.119. The summed E-state index contributed by atoms with van der Waals surface area (Å²) in [6.07, 6.45) is 0.834. The fraction of sp³-hybridized carbons (Fsp3) is 0.467. The standard InChI is InChI=1S/C15H22N4O2/c1-11-3-4-12(9-13(11)16)15(21)19-6-2-5-18(7-8-19)10-14(17)20/h3-4,9H,2,5-8,10,16H2,1H3,(H2,17,20). The second-order valence-corrected chi connectivity index (χ2v) is 5.46. The van der Waals surface area contributed by atoms with E-state index in [0.717, 1.165) is 18.5 Å². The molecule has 6 nitrogen and oxygen atoms in total. The van der Waals surface area contributed by atoms with E-state index in [1.807, 2.05) is 22.8 Å². The molecule has 1 aliphatic heterocycles. The van der Waals surface area contributed by atoms with E-state index in [1.54, 1.807) is 12.1 Å². The van der Waals surface area contributed by atoms with Gasteiger partial charge in [0.2, 0.25) is 5.91 Å². The molecule has 0 aliphatic carbocycles. The molecule has 1 aromatic rings. The third-order valence-corrected chi connectivity index (χ3v) is 3.78. The van der Waals surface area contributed by atoms with E-state index >= 15 is 0 Å². The first-order valence-corrected chi connectivity index (χ1v) is 7.13. The summed E-state index contributed by atoms with van der Waals surface area (Å²) in [7, 11) is 0. The Labute approximate surface area is 124 Å². The Hall–Kier alpha value is -2.08. The van der Waals surface area contributed by atoms with E-state index in [9.17, 15) is 9.59 Å². The number of nitrogens with zero attached hydrogens (tertiary/aromatic N) is 2. The molecule has 0 radical (unpaired) electrons. The molecule has 0 unspecified atom stereocenters. The molecule has 1 saturated heterocycles. The molecule has 1 heterocycles. The Morgan fingerprint density at radius 1 is 1.19 bits per heavy atom. The van der Waals surface area contributed by atoms with Crippen molar-refractivity contribution in [2.75, 3.05) is 38.5 Å². The number of amides is 2. The molecule has 0 spiro atoms. The van der Waals surface area contributed by atoms with Gasteiger partial charge in [0, 0.05) is 37.4 Å². The number of benzene rings is 1. The molecular formula is C15H22N4O2. The molecule has 1 aliphatic rings. The average Bonchev–Trinajstić information content (AvgIpc) is 2.66. The Balaban J connectivity index is 2.02. The van der Waals surface area contributed by atoms with Crippen LogP contribution in [0.15, 0.2) is 18.2 Å². The summed E-state index contributed by atoms with van der Waals surface area (Å²) in [5.41, 5.74) is 13.3. The Kier molecular flexibility index (Phi) is 4.80. The van der Waals surface area contributed by atoms with Crippen LogP contribution in [0.25, 0.3) is 0 Å². The number of anilines is 1. The van der Waals surface area contributed by atoms with Gasteiger partial charge < -0.3 is 16.4 Å². The van der Waals surface area contributed by atoms with Crippen molar-refractivity contribution in [1.82, 2.24) is 9.80 Å². The molecule has 6 heteroatoms. The number of carbonyl (C=O) groups excluding carboxylic acids is 2. The zero-order valence-electron chi connectivity index (χ0n) is 12.3. The van der Waals surface area contributed by atoms with Crippen molar-refractivity contribution in [3.8, 4) is 0 Å². The molecular weight excluding hydrogens is 268 g/mol. The first kappa shape index (κ1) is 15.3. The molecule has 2 rings (SSSR count). The maximum absolute atomic E-state index is 12.5. The highest BCUT2D eigenvalue weighted by atomic mass is 16.2. The highest BCUT2D eigenvalue weighted by molar-refractivity contribution is 5.95. The zero-order valence-corrected chi connectivity index (χ0v) is 12.3. The predicted molar refractivity (Wildman–Crippen MR) is 81.7 cm³/mol. The van der Waals surface area contributed by atoms with Crippen LogP contribution in [-0.2, 0) is 4.79 Å². The van der Waals surface area contributed by atoms with Crippen molar-refractivity contribution in [3.05, 3.63) is 29.3 Å². The highest BCUT2D eigenvalue weighted by Gasteiger charge is 2.21. The van der Waals surface area contributed by atoms with E-state index in [0.29, 0.717) is 30.9 Å². The van der Waals surface area contributed by atoms with Crippen LogP contribution < -0.4 is 11.5 Å². The van der Waals surface area contributed by atoms with Crippen LogP contribution in [0, 0.1) is 6.92 Å².